The maximum absolute atomic E-state index is 12.9. The van der Waals surface area contributed by atoms with Crippen LogP contribution in [0.2, 0.25) is 0 Å². The number of hydrogen-bond acceptors (Lipinski definition) is 4. The number of urea groups is 1. The van der Waals surface area contributed by atoms with Gasteiger partial charge in [-0.3, -0.25) is 9.69 Å². The minimum absolute atomic E-state index is 0.0389. The molecule has 0 aliphatic carbocycles. The lowest BCUT2D eigenvalue weighted by Gasteiger charge is -2.34. The molecule has 1 aromatic rings. The summed E-state index contributed by atoms with van der Waals surface area (Å²) in [5.41, 5.74) is 0.506. The Balaban J connectivity index is 1.75. The second-order valence-electron chi connectivity index (χ2n) is 5.42. The van der Waals surface area contributed by atoms with Gasteiger partial charge in [-0.1, -0.05) is 0 Å². The van der Waals surface area contributed by atoms with Crippen molar-refractivity contribution in [1.82, 2.24) is 15.1 Å². The molecule has 1 heterocycles. The van der Waals surface area contributed by atoms with E-state index in [0.29, 0.717) is 44.9 Å². The molecule has 1 aliphatic heterocycles. The van der Waals surface area contributed by atoms with Gasteiger partial charge in [-0.15, -0.1) is 0 Å². The van der Waals surface area contributed by atoms with E-state index >= 15 is 0 Å². The van der Waals surface area contributed by atoms with Crippen molar-refractivity contribution in [3.63, 3.8) is 0 Å². The fraction of sp³-hybridized carbons (Fsp3) is 0.500. The quantitative estimate of drug-likeness (QED) is 0.626. The number of carbonyl (C=O) groups is 2. The number of halogens is 1. The first-order chi connectivity index (χ1) is 11.1. The normalized spacial score (nSPS) is 15.5. The number of nitrogens with one attached hydrogen (secondary N) is 1. The molecule has 1 fully saturated rings. The second-order valence-corrected chi connectivity index (χ2v) is 5.42. The number of amides is 2. The van der Waals surface area contributed by atoms with Crippen molar-refractivity contribution in [2.75, 3.05) is 53.0 Å². The Morgan fingerprint density at radius 1 is 1.17 bits per heavy atom. The van der Waals surface area contributed by atoms with Gasteiger partial charge < -0.3 is 15.0 Å². The Bertz CT molecular complexity index is 528. The average molecular weight is 323 g/mol. The van der Waals surface area contributed by atoms with E-state index in [-0.39, 0.29) is 24.2 Å². The highest BCUT2D eigenvalue weighted by Crippen LogP contribution is 2.07. The predicted octanol–water partition coefficient (Wildman–Crippen LogP) is 0.982. The van der Waals surface area contributed by atoms with Crippen molar-refractivity contribution in [2.45, 2.75) is 0 Å². The summed E-state index contributed by atoms with van der Waals surface area (Å²) in [6, 6.07) is 5.46. The molecule has 0 unspecified atom stereocenters. The standard InChI is InChI=1S/C16H22FN3O3/c1-23-11-6-18-16(22)20-9-7-19(8-10-20)12-15(21)13-2-4-14(17)5-3-13/h2-5H,6-12H2,1H3,(H,18,22). The van der Waals surface area contributed by atoms with Gasteiger partial charge in [0.1, 0.15) is 5.82 Å². The van der Waals surface area contributed by atoms with Crippen molar-refractivity contribution in [1.29, 1.82) is 0 Å². The molecule has 0 saturated carbocycles. The first kappa shape index (κ1) is 17.4. The number of methoxy groups -OCH3 is 1. The monoisotopic (exact) mass is 323 g/mol. The summed E-state index contributed by atoms with van der Waals surface area (Å²) in [7, 11) is 1.59. The van der Waals surface area contributed by atoms with Crippen LogP contribution in [0.15, 0.2) is 24.3 Å². The predicted molar refractivity (Wildman–Crippen MR) is 84.0 cm³/mol. The molecule has 1 aliphatic rings. The van der Waals surface area contributed by atoms with Gasteiger partial charge in [0, 0.05) is 45.4 Å². The van der Waals surface area contributed by atoms with E-state index < -0.39 is 0 Å². The molecule has 0 spiro atoms. The van der Waals surface area contributed by atoms with Crippen LogP contribution < -0.4 is 5.32 Å². The summed E-state index contributed by atoms with van der Waals surface area (Å²) >= 11 is 0. The highest BCUT2D eigenvalue weighted by Gasteiger charge is 2.22. The number of nitrogens with zero attached hydrogens (tertiary/aromatic N) is 2. The zero-order valence-corrected chi connectivity index (χ0v) is 13.3. The maximum Gasteiger partial charge on any atom is 0.317 e. The summed E-state index contributed by atoms with van der Waals surface area (Å²) < 4.78 is 17.8. The lowest BCUT2D eigenvalue weighted by Crippen LogP contribution is -2.52. The van der Waals surface area contributed by atoms with E-state index in [1.807, 2.05) is 4.90 Å². The van der Waals surface area contributed by atoms with Crippen LogP contribution in [0.1, 0.15) is 10.4 Å². The Kier molecular flexibility index (Phi) is 6.49. The SMILES string of the molecule is COCCNC(=O)N1CCN(CC(=O)c2ccc(F)cc2)CC1. The number of benzene rings is 1. The van der Waals surface area contributed by atoms with Crippen molar-refractivity contribution in [3.8, 4) is 0 Å². The molecule has 1 N–H and O–H groups in total. The van der Waals surface area contributed by atoms with Gasteiger partial charge in [-0.2, -0.15) is 0 Å². The van der Waals surface area contributed by atoms with Crippen LogP contribution in [0.25, 0.3) is 0 Å². The van der Waals surface area contributed by atoms with E-state index in [9.17, 15) is 14.0 Å². The molecule has 1 saturated heterocycles. The van der Waals surface area contributed by atoms with E-state index in [1.165, 1.54) is 24.3 Å². The van der Waals surface area contributed by atoms with Gasteiger partial charge in [0.15, 0.2) is 5.78 Å². The zero-order valence-electron chi connectivity index (χ0n) is 13.3. The summed E-state index contributed by atoms with van der Waals surface area (Å²) in [6.07, 6.45) is 0. The summed E-state index contributed by atoms with van der Waals surface area (Å²) in [6.45, 7) is 3.70. The Morgan fingerprint density at radius 3 is 2.43 bits per heavy atom. The van der Waals surface area contributed by atoms with E-state index in [0.717, 1.165) is 0 Å². The van der Waals surface area contributed by atoms with Crippen LogP contribution in [-0.2, 0) is 4.74 Å². The minimum Gasteiger partial charge on any atom is -0.383 e. The van der Waals surface area contributed by atoms with Crippen molar-refractivity contribution >= 4 is 11.8 Å². The minimum atomic E-state index is -0.352. The summed E-state index contributed by atoms with van der Waals surface area (Å²) in [4.78, 5) is 27.8. The number of Topliss-reactive ketones (excluding diaryl/α,β-unsaturated/α-hetero) is 1. The van der Waals surface area contributed by atoms with Crippen LogP contribution in [0.4, 0.5) is 9.18 Å². The van der Waals surface area contributed by atoms with Crippen molar-refractivity contribution in [2.24, 2.45) is 0 Å². The van der Waals surface area contributed by atoms with E-state index in [2.05, 4.69) is 5.32 Å². The number of ketones is 1. The second kappa shape index (κ2) is 8.59. The molecule has 0 aromatic heterocycles. The molecule has 7 heteroatoms. The van der Waals surface area contributed by atoms with Crippen LogP contribution in [0.3, 0.4) is 0 Å². The number of hydrogen-bond donors (Lipinski definition) is 1. The number of carbonyl (C=O) groups excluding carboxylic acids is 2. The number of rotatable bonds is 6. The molecule has 6 nitrogen and oxygen atoms in total. The largest absolute Gasteiger partial charge is 0.383 e. The molecular formula is C16H22FN3O3. The van der Waals surface area contributed by atoms with E-state index in [4.69, 9.17) is 4.74 Å². The first-order valence-corrected chi connectivity index (χ1v) is 7.63. The van der Waals surface area contributed by atoms with Gasteiger partial charge in [-0.25, -0.2) is 9.18 Å². The molecule has 2 amide bonds. The Hall–Kier alpha value is -1.99. The molecule has 23 heavy (non-hydrogen) atoms. The van der Waals surface area contributed by atoms with Gasteiger partial charge in [-0.05, 0) is 24.3 Å². The highest BCUT2D eigenvalue weighted by molar-refractivity contribution is 5.97. The smallest absolute Gasteiger partial charge is 0.317 e. The lowest BCUT2D eigenvalue weighted by atomic mass is 10.1. The molecule has 0 bridgehead atoms. The van der Waals surface area contributed by atoms with Crippen LogP contribution in [0, 0.1) is 5.82 Å². The zero-order chi connectivity index (χ0) is 16.7. The molecule has 1 aromatic carbocycles. The van der Waals surface area contributed by atoms with Crippen molar-refractivity contribution < 1.29 is 18.7 Å². The van der Waals surface area contributed by atoms with E-state index in [1.54, 1.807) is 12.0 Å². The lowest BCUT2D eigenvalue weighted by molar-refractivity contribution is 0.0877. The van der Waals surface area contributed by atoms with Crippen LogP contribution >= 0.6 is 0 Å². The van der Waals surface area contributed by atoms with Crippen molar-refractivity contribution in [3.05, 3.63) is 35.6 Å². The molecule has 2 rings (SSSR count). The van der Waals surface area contributed by atoms with Crippen LogP contribution in [-0.4, -0.2) is 74.6 Å². The third-order valence-electron chi connectivity index (χ3n) is 3.78. The third-order valence-corrected chi connectivity index (χ3v) is 3.78. The van der Waals surface area contributed by atoms with Gasteiger partial charge in [0.25, 0.3) is 0 Å². The molecule has 0 radical (unpaired) electrons. The summed E-state index contributed by atoms with van der Waals surface area (Å²) in [5.74, 6) is -0.391. The topological polar surface area (TPSA) is 61.9 Å². The maximum atomic E-state index is 12.9. The number of piperazine rings is 1. The molecule has 0 atom stereocenters. The highest BCUT2D eigenvalue weighted by atomic mass is 19.1. The summed E-state index contributed by atoms with van der Waals surface area (Å²) in [5, 5.41) is 2.78. The average Bonchev–Trinajstić information content (AvgIpc) is 2.56. The van der Waals surface area contributed by atoms with Gasteiger partial charge in [0.05, 0.1) is 13.2 Å². The van der Waals surface area contributed by atoms with Crippen LogP contribution in [0.5, 0.6) is 0 Å². The first-order valence-electron chi connectivity index (χ1n) is 7.63. The fourth-order valence-corrected chi connectivity index (χ4v) is 2.41. The molecule has 126 valence electrons. The van der Waals surface area contributed by atoms with Gasteiger partial charge >= 0.3 is 6.03 Å². The Labute approximate surface area is 135 Å². The Morgan fingerprint density at radius 2 is 1.83 bits per heavy atom. The fourth-order valence-electron chi connectivity index (χ4n) is 2.41. The van der Waals surface area contributed by atoms with Gasteiger partial charge in [0.2, 0.25) is 0 Å². The molecular weight excluding hydrogens is 301 g/mol. The third kappa shape index (κ3) is 5.30. The number of ether oxygens (including phenoxy) is 1.